The van der Waals surface area contributed by atoms with Crippen LogP contribution in [0.1, 0.15) is 10.4 Å². The molecule has 5 nitrogen and oxygen atoms in total. The van der Waals surface area contributed by atoms with Crippen LogP contribution >= 0.6 is 0 Å². The minimum Gasteiger partial charge on any atom is -0.388 e. The third kappa shape index (κ3) is 3.67. The molecule has 0 atom stereocenters. The summed E-state index contributed by atoms with van der Waals surface area (Å²) in [5.41, 5.74) is 4.22. The number of rotatable bonds is 5. The van der Waals surface area contributed by atoms with E-state index in [1.165, 1.54) is 6.08 Å². The minimum atomic E-state index is -0.252. The molecule has 0 fully saturated rings. The predicted molar refractivity (Wildman–Crippen MR) is 111 cm³/mol. The first-order chi connectivity index (χ1) is 13.1. The van der Waals surface area contributed by atoms with Gasteiger partial charge in [0, 0.05) is 36.4 Å². The molecule has 27 heavy (non-hydrogen) atoms. The highest BCUT2D eigenvalue weighted by Gasteiger charge is 2.12. The molecule has 3 aromatic carbocycles. The SMILES string of the molecule is C=CC(=O)Nc1cccc(-c2ccc3c(C(=O)NC)ccc(NC)c3c2)c1. The van der Waals surface area contributed by atoms with Gasteiger partial charge in [-0.3, -0.25) is 9.59 Å². The van der Waals surface area contributed by atoms with Crippen LogP contribution in [0.25, 0.3) is 21.9 Å². The first-order valence-corrected chi connectivity index (χ1v) is 8.58. The number of carbonyl (C=O) groups excluding carboxylic acids is 2. The van der Waals surface area contributed by atoms with Gasteiger partial charge in [-0.2, -0.15) is 0 Å². The van der Waals surface area contributed by atoms with E-state index in [2.05, 4.69) is 22.5 Å². The lowest BCUT2D eigenvalue weighted by molar-refractivity contribution is -0.111. The largest absolute Gasteiger partial charge is 0.388 e. The van der Waals surface area contributed by atoms with Crippen molar-refractivity contribution in [2.45, 2.75) is 0 Å². The Morgan fingerprint density at radius 1 is 0.926 bits per heavy atom. The zero-order chi connectivity index (χ0) is 19.4. The summed E-state index contributed by atoms with van der Waals surface area (Å²) in [5.74, 6) is -0.372. The molecule has 0 unspecified atom stereocenters. The average Bonchev–Trinajstić information content (AvgIpc) is 2.72. The van der Waals surface area contributed by atoms with Crippen molar-refractivity contribution in [3.05, 3.63) is 72.8 Å². The number of amides is 2. The number of anilines is 2. The van der Waals surface area contributed by atoms with Crippen LogP contribution in [0.5, 0.6) is 0 Å². The summed E-state index contributed by atoms with van der Waals surface area (Å²) in [5, 5.41) is 10.5. The van der Waals surface area contributed by atoms with Gasteiger partial charge in [0.05, 0.1) is 0 Å². The van der Waals surface area contributed by atoms with Gasteiger partial charge in [0.15, 0.2) is 0 Å². The standard InChI is InChI=1S/C22H21N3O2/c1-4-21(26)25-16-7-5-6-14(12-16)15-8-9-17-18(22(27)24-3)10-11-20(23-2)19(17)13-15/h4-13,23H,1H2,2-3H3,(H,24,27)(H,25,26). The first-order valence-electron chi connectivity index (χ1n) is 8.58. The van der Waals surface area contributed by atoms with Gasteiger partial charge in [-0.05, 0) is 52.9 Å². The third-order valence-corrected chi connectivity index (χ3v) is 4.41. The second-order valence-corrected chi connectivity index (χ2v) is 6.02. The van der Waals surface area contributed by atoms with E-state index >= 15 is 0 Å². The quantitative estimate of drug-likeness (QED) is 0.602. The molecule has 0 saturated heterocycles. The molecule has 0 aliphatic carbocycles. The molecule has 3 rings (SSSR count). The molecule has 136 valence electrons. The van der Waals surface area contributed by atoms with Crippen LogP contribution in [0, 0.1) is 0 Å². The molecule has 0 aliphatic heterocycles. The highest BCUT2D eigenvalue weighted by molar-refractivity contribution is 6.11. The topological polar surface area (TPSA) is 70.2 Å². The monoisotopic (exact) mass is 359 g/mol. The van der Waals surface area contributed by atoms with Gasteiger partial charge in [-0.25, -0.2) is 0 Å². The number of nitrogens with one attached hydrogen (secondary N) is 3. The minimum absolute atomic E-state index is 0.121. The maximum absolute atomic E-state index is 12.2. The van der Waals surface area contributed by atoms with Crippen molar-refractivity contribution in [1.82, 2.24) is 5.32 Å². The molecule has 0 aliphatic rings. The highest BCUT2D eigenvalue weighted by Crippen LogP contribution is 2.32. The van der Waals surface area contributed by atoms with E-state index in [0.29, 0.717) is 11.3 Å². The van der Waals surface area contributed by atoms with Crippen LogP contribution in [0.15, 0.2) is 67.3 Å². The fraction of sp³-hybridized carbons (Fsp3) is 0.0909. The molecule has 0 aromatic heterocycles. The zero-order valence-corrected chi connectivity index (χ0v) is 15.3. The van der Waals surface area contributed by atoms with E-state index < -0.39 is 0 Å². The lowest BCUT2D eigenvalue weighted by Gasteiger charge is -2.13. The van der Waals surface area contributed by atoms with Crippen LogP contribution in [0.4, 0.5) is 11.4 Å². The summed E-state index contributed by atoms with van der Waals surface area (Å²) in [6.45, 7) is 3.47. The molecule has 5 heteroatoms. The van der Waals surface area contributed by atoms with Crippen LogP contribution < -0.4 is 16.0 Å². The first kappa shape index (κ1) is 18.2. The number of hydrogen-bond acceptors (Lipinski definition) is 3. The Morgan fingerprint density at radius 2 is 1.70 bits per heavy atom. The normalized spacial score (nSPS) is 10.3. The van der Waals surface area contributed by atoms with Crippen molar-refractivity contribution in [2.75, 3.05) is 24.7 Å². The van der Waals surface area contributed by atoms with Crippen molar-refractivity contribution in [1.29, 1.82) is 0 Å². The van der Waals surface area contributed by atoms with Gasteiger partial charge in [0.25, 0.3) is 5.91 Å². The van der Waals surface area contributed by atoms with Gasteiger partial charge in [-0.15, -0.1) is 0 Å². The lowest BCUT2D eigenvalue weighted by Crippen LogP contribution is -2.18. The van der Waals surface area contributed by atoms with Crippen LogP contribution in [0.3, 0.4) is 0 Å². The maximum atomic E-state index is 12.2. The fourth-order valence-electron chi connectivity index (χ4n) is 3.05. The molecule has 0 saturated carbocycles. The molecular formula is C22H21N3O2. The van der Waals surface area contributed by atoms with Gasteiger partial charge >= 0.3 is 0 Å². The second-order valence-electron chi connectivity index (χ2n) is 6.02. The van der Waals surface area contributed by atoms with E-state index in [4.69, 9.17) is 0 Å². The lowest BCUT2D eigenvalue weighted by atomic mass is 9.96. The van der Waals surface area contributed by atoms with Gasteiger partial charge in [0.2, 0.25) is 5.91 Å². The Kier molecular flexibility index (Phi) is 5.22. The number of fused-ring (bicyclic) bond motifs is 1. The summed E-state index contributed by atoms with van der Waals surface area (Å²) < 4.78 is 0. The fourth-order valence-corrected chi connectivity index (χ4v) is 3.05. The van der Waals surface area contributed by atoms with E-state index in [-0.39, 0.29) is 11.8 Å². The zero-order valence-electron chi connectivity index (χ0n) is 15.3. The van der Waals surface area contributed by atoms with Crippen molar-refractivity contribution in [3.8, 4) is 11.1 Å². The van der Waals surface area contributed by atoms with Crippen LogP contribution in [0.2, 0.25) is 0 Å². The Hall–Kier alpha value is -3.60. The van der Waals surface area contributed by atoms with Crippen molar-refractivity contribution >= 4 is 34.0 Å². The second kappa shape index (κ2) is 7.74. The van der Waals surface area contributed by atoms with Gasteiger partial charge in [-0.1, -0.05) is 30.8 Å². The van der Waals surface area contributed by atoms with E-state index in [1.807, 2.05) is 61.6 Å². The van der Waals surface area contributed by atoms with Gasteiger partial charge < -0.3 is 16.0 Å². The molecule has 0 heterocycles. The van der Waals surface area contributed by atoms with Crippen molar-refractivity contribution in [3.63, 3.8) is 0 Å². The van der Waals surface area contributed by atoms with Crippen molar-refractivity contribution in [2.24, 2.45) is 0 Å². The Bertz CT molecular complexity index is 1040. The Morgan fingerprint density at radius 3 is 2.41 bits per heavy atom. The van der Waals surface area contributed by atoms with E-state index in [9.17, 15) is 9.59 Å². The smallest absolute Gasteiger partial charge is 0.251 e. The summed E-state index contributed by atoms with van der Waals surface area (Å²) in [6, 6.07) is 17.3. The molecule has 3 N–H and O–H groups in total. The predicted octanol–water partition coefficient (Wildman–Crippen LogP) is 4.03. The molecule has 2 amide bonds. The van der Waals surface area contributed by atoms with Crippen LogP contribution in [-0.4, -0.2) is 25.9 Å². The maximum Gasteiger partial charge on any atom is 0.251 e. The molecule has 0 spiro atoms. The van der Waals surface area contributed by atoms with Crippen molar-refractivity contribution < 1.29 is 9.59 Å². The average molecular weight is 359 g/mol. The molecule has 0 radical (unpaired) electrons. The summed E-state index contributed by atoms with van der Waals surface area (Å²) in [7, 11) is 3.48. The summed E-state index contributed by atoms with van der Waals surface area (Å²) in [4.78, 5) is 23.7. The van der Waals surface area contributed by atoms with E-state index in [1.54, 1.807) is 7.05 Å². The molecular weight excluding hydrogens is 338 g/mol. The molecule has 0 bridgehead atoms. The summed E-state index contributed by atoms with van der Waals surface area (Å²) in [6.07, 6.45) is 1.24. The molecule has 3 aromatic rings. The number of carbonyl (C=O) groups is 2. The summed E-state index contributed by atoms with van der Waals surface area (Å²) >= 11 is 0. The Balaban J connectivity index is 2.11. The Labute approximate surface area is 158 Å². The van der Waals surface area contributed by atoms with Crippen LogP contribution in [-0.2, 0) is 4.79 Å². The number of hydrogen-bond donors (Lipinski definition) is 3. The number of benzene rings is 3. The third-order valence-electron chi connectivity index (χ3n) is 4.41. The van der Waals surface area contributed by atoms with E-state index in [0.717, 1.165) is 27.6 Å². The highest BCUT2D eigenvalue weighted by atomic mass is 16.2. The van der Waals surface area contributed by atoms with Gasteiger partial charge in [0.1, 0.15) is 0 Å².